The van der Waals surface area contributed by atoms with Crippen LogP contribution >= 0.6 is 0 Å². The average molecular weight is 460 g/mol. The lowest BCUT2D eigenvalue weighted by atomic mass is 9.99. The normalized spacial score (nSPS) is 19.6. The van der Waals surface area contributed by atoms with Crippen LogP contribution in [0.25, 0.3) is 0 Å². The van der Waals surface area contributed by atoms with Gasteiger partial charge in [0.05, 0.1) is 26.3 Å². The SMILES string of the molecule is O=C(NCC(=O)N1CC2(CC1C(=O)O)OCCO2)c1ccc(C(F)(F)c2ccccc2)cc1. The van der Waals surface area contributed by atoms with Gasteiger partial charge in [-0.1, -0.05) is 42.5 Å². The number of carbonyl (C=O) groups excluding carboxylic acids is 2. The Morgan fingerprint density at radius 1 is 1.03 bits per heavy atom. The van der Waals surface area contributed by atoms with Crippen molar-refractivity contribution in [1.29, 1.82) is 0 Å². The van der Waals surface area contributed by atoms with Gasteiger partial charge in [0, 0.05) is 23.1 Å². The zero-order valence-electron chi connectivity index (χ0n) is 17.5. The minimum absolute atomic E-state index is 0.000885. The number of amides is 2. The molecule has 0 bridgehead atoms. The van der Waals surface area contributed by atoms with Gasteiger partial charge in [0.2, 0.25) is 5.91 Å². The summed E-state index contributed by atoms with van der Waals surface area (Å²) in [7, 11) is 0. The maximum Gasteiger partial charge on any atom is 0.326 e. The monoisotopic (exact) mass is 460 g/mol. The van der Waals surface area contributed by atoms with Crippen LogP contribution in [0.15, 0.2) is 54.6 Å². The van der Waals surface area contributed by atoms with Crippen molar-refractivity contribution in [3.8, 4) is 0 Å². The van der Waals surface area contributed by atoms with Crippen LogP contribution in [0.4, 0.5) is 8.78 Å². The van der Waals surface area contributed by atoms with Gasteiger partial charge in [-0.15, -0.1) is 0 Å². The second-order valence-electron chi connectivity index (χ2n) is 7.89. The lowest BCUT2D eigenvalue weighted by Gasteiger charge is -2.23. The zero-order chi connectivity index (χ0) is 23.6. The van der Waals surface area contributed by atoms with Gasteiger partial charge in [0.1, 0.15) is 6.04 Å². The van der Waals surface area contributed by atoms with E-state index in [1.54, 1.807) is 6.07 Å². The van der Waals surface area contributed by atoms with Crippen LogP contribution in [-0.2, 0) is 25.0 Å². The van der Waals surface area contributed by atoms with Gasteiger partial charge in [-0.3, -0.25) is 9.59 Å². The number of hydrogen-bond acceptors (Lipinski definition) is 5. The molecule has 2 aliphatic heterocycles. The first-order valence-electron chi connectivity index (χ1n) is 10.3. The summed E-state index contributed by atoms with van der Waals surface area (Å²) in [5.41, 5.74) is -0.352. The summed E-state index contributed by atoms with van der Waals surface area (Å²) in [6, 6.07) is 11.0. The molecule has 0 saturated carbocycles. The first kappa shape index (κ1) is 22.8. The number of alkyl halides is 2. The molecule has 2 aliphatic rings. The Hall–Kier alpha value is -3.37. The molecule has 4 rings (SSSR count). The summed E-state index contributed by atoms with van der Waals surface area (Å²) in [6.45, 7) is 0.109. The molecule has 0 radical (unpaired) electrons. The van der Waals surface area contributed by atoms with E-state index in [-0.39, 0.29) is 29.7 Å². The maximum absolute atomic E-state index is 14.7. The van der Waals surface area contributed by atoms with Crippen molar-refractivity contribution in [3.63, 3.8) is 0 Å². The number of benzene rings is 2. The van der Waals surface area contributed by atoms with E-state index in [0.29, 0.717) is 13.2 Å². The zero-order valence-corrected chi connectivity index (χ0v) is 17.5. The minimum atomic E-state index is -3.23. The highest BCUT2D eigenvalue weighted by molar-refractivity contribution is 5.97. The second kappa shape index (κ2) is 8.87. The third-order valence-corrected chi connectivity index (χ3v) is 5.76. The second-order valence-corrected chi connectivity index (χ2v) is 7.89. The molecule has 2 N–H and O–H groups in total. The Bertz CT molecular complexity index is 1040. The summed E-state index contributed by atoms with van der Waals surface area (Å²) in [4.78, 5) is 37.7. The van der Waals surface area contributed by atoms with Crippen molar-refractivity contribution in [2.45, 2.75) is 24.2 Å². The molecule has 2 aromatic rings. The average Bonchev–Trinajstić information content (AvgIpc) is 3.45. The lowest BCUT2D eigenvalue weighted by molar-refractivity contribution is -0.152. The van der Waals surface area contributed by atoms with Gasteiger partial charge in [-0.25, -0.2) is 4.79 Å². The third kappa shape index (κ3) is 4.57. The van der Waals surface area contributed by atoms with Crippen molar-refractivity contribution in [3.05, 3.63) is 71.3 Å². The van der Waals surface area contributed by atoms with E-state index in [1.807, 2.05) is 0 Å². The highest BCUT2D eigenvalue weighted by atomic mass is 19.3. The minimum Gasteiger partial charge on any atom is -0.480 e. The Balaban J connectivity index is 1.38. The molecule has 2 heterocycles. The number of hydrogen-bond donors (Lipinski definition) is 2. The number of carboxylic acids is 1. The molecule has 1 spiro atoms. The van der Waals surface area contributed by atoms with E-state index < -0.39 is 42.1 Å². The molecular formula is C23H22F2N2O6. The van der Waals surface area contributed by atoms with E-state index in [2.05, 4.69) is 5.32 Å². The van der Waals surface area contributed by atoms with Crippen LogP contribution < -0.4 is 5.32 Å². The van der Waals surface area contributed by atoms with E-state index in [1.165, 1.54) is 36.4 Å². The summed E-state index contributed by atoms with van der Waals surface area (Å²) >= 11 is 0. The topological polar surface area (TPSA) is 105 Å². The first-order valence-corrected chi connectivity index (χ1v) is 10.3. The van der Waals surface area contributed by atoms with Gasteiger partial charge in [0.25, 0.3) is 11.8 Å². The van der Waals surface area contributed by atoms with Crippen LogP contribution in [-0.4, -0.2) is 65.9 Å². The third-order valence-electron chi connectivity index (χ3n) is 5.76. The molecule has 0 aliphatic carbocycles. The molecule has 2 saturated heterocycles. The smallest absolute Gasteiger partial charge is 0.326 e. The molecule has 0 aromatic heterocycles. The van der Waals surface area contributed by atoms with Crippen molar-refractivity contribution in [1.82, 2.24) is 10.2 Å². The molecule has 1 unspecified atom stereocenters. The van der Waals surface area contributed by atoms with Crippen LogP contribution in [0, 0.1) is 0 Å². The first-order chi connectivity index (χ1) is 15.7. The standard InChI is InChI=1S/C23H22F2N2O6/c24-23(25,16-4-2-1-3-5-16)17-8-6-15(7-9-17)20(29)26-13-19(28)27-14-22(32-10-11-33-22)12-18(27)21(30)31/h1-9,18H,10-14H2,(H,26,29)(H,30,31). The number of nitrogens with zero attached hydrogens (tertiary/aromatic N) is 1. The van der Waals surface area contributed by atoms with E-state index in [4.69, 9.17) is 9.47 Å². The van der Waals surface area contributed by atoms with Gasteiger partial charge < -0.3 is 24.8 Å². The van der Waals surface area contributed by atoms with Crippen molar-refractivity contribution >= 4 is 17.8 Å². The molecule has 2 aromatic carbocycles. The van der Waals surface area contributed by atoms with Crippen molar-refractivity contribution < 1.29 is 37.7 Å². The summed E-state index contributed by atoms with van der Waals surface area (Å²) in [5.74, 6) is -6.82. The van der Waals surface area contributed by atoms with Gasteiger partial charge in [0.15, 0.2) is 5.79 Å². The number of nitrogens with one attached hydrogen (secondary N) is 1. The van der Waals surface area contributed by atoms with Crippen LogP contribution in [0.2, 0.25) is 0 Å². The highest BCUT2D eigenvalue weighted by Gasteiger charge is 2.52. The van der Waals surface area contributed by atoms with Crippen molar-refractivity contribution in [2.24, 2.45) is 0 Å². The fraction of sp³-hybridized carbons (Fsp3) is 0.348. The van der Waals surface area contributed by atoms with E-state index in [0.717, 1.165) is 17.0 Å². The molecule has 8 nitrogen and oxygen atoms in total. The molecular weight excluding hydrogens is 438 g/mol. The Morgan fingerprint density at radius 2 is 1.64 bits per heavy atom. The Kier molecular flexibility index (Phi) is 6.13. The van der Waals surface area contributed by atoms with Crippen LogP contribution in [0.5, 0.6) is 0 Å². The van der Waals surface area contributed by atoms with Crippen LogP contribution in [0.3, 0.4) is 0 Å². The number of carboxylic acid groups (broad SMARTS) is 1. The Labute approximate surface area is 188 Å². The predicted molar refractivity (Wildman–Crippen MR) is 111 cm³/mol. The van der Waals surface area contributed by atoms with E-state index >= 15 is 0 Å². The fourth-order valence-corrected chi connectivity index (χ4v) is 4.03. The summed E-state index contributed by atoms with van der Waals surface area (Å²) < 4.78 is 40.3. The van der Waals surface area contributed by atoms with Gasteiger partial charge in [-0.05, 0) is 12.1 Å². The molecule has 174 valence electrons. The van der Waals surface area contributed by atoms with Gasteiger partial charge >= 0.3 is 5.97 Å². The number of carbonyl (C=O) groups is 3. The molecule has 2 fully saturated rings. The van der Waals surface area contributed by atoms with Gasteiger partial charge in [-0.2, -0.15) is 8.78 Å². The molecule has 33 heavy (non-hydrogen) atoms. The number of rotatable bonds is 6. The predicted octanol–water partition coefficient (Wildman–Crippen LogP) is 1.99. The number of aliphatic carboxylic acids is 1. The van der Waals surface area contributed by atoms with E-state index in [9.17, 15) is 28.3 Å². The molecule has 1 atom stereocenters. The molecule has 2 amide bonds. The quantitative estimate of drug-likeness (QED) is 0.683. The Morgan fingerprint density at radius 3 is 2.24 bits per heavy atom. The summed E-state index contributed by atoms with van der Waals surface area (Å²) in [6.07, 6.45) is -0.000885. The largest absolute Gasteiger partial charge is 0.480 e. The number of ether oxygens (including phenoxy) is 2. The van der Waals surface area contributed by atoms with Crippen LogP contribution in [0.1, 0.15) is 27.9 Å². The lowest BCUT2D eigenvalue weighted by Crippen LogP contribution is -2.46. The number of likely N-dealkylation sites (tertiary alicyclic amines) is 1. The fourth-order valence-electron chi connectivity index (χ4n) is 4.03. The molecule has 10 heteroatoms. The maximum atomic E-state index is 14.7. The van der Waals surface area contributed by atoms with Crippen molar-refractivity contribution in [2.75, 3.05) is 26.3 Å². The summed E-state index contributed by atoms with van der Waals surface area (Å²) in [5, 5.41) is 11.9. The number of halogens is 2. The highest BCUT2D eigenvalue weighted by Crippen LogP contribution is 2.36.